The van der Waals surface area contributed by atoms with Crippen LogP contribution in [-0.2, 0) is 0 Å². The van der Waals surface area contributed by atoms with E-state index in [1.807, 2.05) is 13.0 Å². The van der Waals surface area contributed by atoms with Gasteiger partial charge in [-0.15, -0.1) is 5.10 Å². The van der Waals surface area contributed by atoms with E-state index in [1.165, 1.54) is 15.6 Å². The average Bonchev–Trinajstić information content (AvgIpc) is 3.02. The minimum Gasteiger partial charge on any atom is -0.295 e. The Bertz CT molecular complexity index is 773. The third-order valence-electron chi connectivity index (χ3n) is 2.68. The Kier molecular flexibility index (Phi) is 2.79. The molecular formula is C11H9BrN6O. The lowest BCUT2D eigenvalue weighted by Gasteiger charge is -2.02. The van der Waals surface area contributed by atoms with Crippen molar-refractivity contribution >= 4 is 15.9 Å². The predicted octanol–water partition coefficient (Wildman–Crippen LogP) is 1.21. The molecule has 0 saturated heterocycles. The van der Waals surface area contributed by atoms with Crippen LogP contribution in [0.3, 0.4) is 0 Å². The number of nitrogens with one attached hydrogen (secondary N) is 1. The van der Waals surface area contributed by atoms with Gasteiger partial charge >= 0.3 is 0 Å². The quantitative estimate of drug-likeness (QED) is 0.769. The SMILES string of the molecule is Cc1cc(-n2[nH]cc(-n3ccnn3)c2=O)ncc1Br. The third kappa shape index (κ3) is 1.99. The van der Waals surface area contributed by atoms with Crippen LogP contribution in [0.5, 0.6) is 0 Å². The largest absolute Gasteiger partial charge is 0.298 e. The number of halogens is 1. The van der Waals surface area contributed by atoms with Crippen molar-refractivity contribution in [2.45, 2.75) is 6.92 Å². The van der Waals surface area contributed by atoms with E-state index in [2.05, 4.69) is 36.3 Å². The lowest BCUT2D eigenvalue weighted by Crippen LogP contribution is -2.19. The van der Waals surface area contributed by atoms with Gasteiger partial charge in [-0.25, -0.2) is 9.67 Å². The number of aromatic nitrogens is 6. The van der Waals surface area contributed by atoms with Gasteiger partial charge in [0.25, 0.3) is 5.56 Å². The van der Waals surface area contributed by atoms with Crippen LogP contribution in [0.2, 0.25) is 0 Å². The van der Waals surface area contributed by atoms with Crippen LogP contribution in [0.15, 0.2) is 40.1 Å². The van der Waals surface area contributed by atoms with Gasteiger partial charge in [0.1, 0.15) is 0 Å². The maximum Gasteiger partial charge on any atom is 0.298 e. The molecular weight excluding hydrogens is 312 g/mol. The highest BCUT2D eigenvalue weighted by atomic mass is 79.9. The third-order valence-corrected chi connectivity index (χ3v) is 3.51. The van der Waals surface area contributed by atoms with E-state index in [1.54, 1.807) is 18.6 Å². The van der Waals surface area contributed by atoms with Gasteiger partial charge in [-0.2, -0.15) is 4.68 Å². The fourth-order valence-corrected chi connectivity index (χ4v) is 1.90. The van der Waals surface area contributed by atoms with E-state index in [4.69, 9.17) is 0 Å². The molecule has 3 aromatic rings. The van der Waals surface area contributed by atoms with Crippen molar-refractivity contribution in [3.05, 3.63) is 51.2 Å². The zero-order chi connectivity index (χ0) is 13.4. The number of nitrogens with zero attached hydrogens (tertiary/aromatic N) is 5. The summed E-state index contributed by atoms with van der Waals surface area (Å²) in [5.41, 5.74) is 1.15. The molecule has 0 spiro atoms. The second-order valence-electron chi connectivity index (χ2n) is 3.94. The van der Waals surface area contributed by atoms with Crippen molar-refractivity contribution in [3.63, 3.8) is 0 Å². The monoisotopic (exact) mass is 320 g/mol. The Morgan fingerprint density at radius 3 is 2.95 bits per heavy atom. The Morgan fingerprint density at radius 2 is 2.26 bits per heavy atom. The molecule has 96 valence electrons. The molecule has 0 radical (unpaired) electrons. The van der Waals surface area contributed by atoms with Gasteiger partial charge in [0.05, 0.1) is 18.6 Å². The smallest absolute Gasteiger partial charge is 0.295 e. The number of aromatic amines is 1. The summed E-state index contributed by atoms with van der Waals surface area (Å²) in [7, 11) is 0. The Labute approximate surface area is 116 Å². The van der Waals surface area contributed by atoms with Gasteiger partial charge in [-0.3, -0.25) is 9.89 Å². The Morgan fingerprint density at radius 1 is 1.42 bits per heavy atom. The zero-order valence-electron chi connectivity index (χ0n) is 9.91. The van der Waals surface area contributed by atoms with Crippen LogP contribution in [0.1, 0.15) is 5.56 Å². The fourth-order valence-electron chi connectivity index (χ4n) is 1.68. The first-order valence-corrected chi connectivity index (χ1v) is 6.26. The van der Waals surface area contributed by atoms with E-state index in [9.17, 15) is 4.79 Å². The summed E-state index contributed by atoms with van der Waals surface area (Å²) in [5, 5.41) is 10.3. The summed E-state index contributed by atoms with van der Waals surface area (Å²) < 4.78 is 3.66. The number of rotatable bonds is 2. The molecule has 0 aromatic carbocycles. The summed E-state index contributed by atoms with van der Waals surface area (Å²) in [4.78, 5) is 16.5. The molecule has 0 bridgehead atoms. The first-order chi connectivity index (χ1) is 9.16. The van der Waals surface area contributed by atoms with Crippen molar-refractivity contribution in [2.24, 2.45) is 0 Å². The highest BCUT2D eigenvalue weighted by Crippen LogP contribution is 2.16. The Hall–Kier alpha value is -2.22. The first kappa shape index (κ1) is 11.8. The van der Waals surface area contributed by atoms with Crippen LogP contribution < -0.4 is 5.56 Å². The molecule has 7 nitrogen and oxygen atoms in total. The molecule has 19 heavy (non-hydrogen) atoms. The number of hydrogen-bond donors (Lipinski definition) is 1. The maximum atomic E-state index is 12.3. The second kappa shape index (κ2) is 4.47. The van der Waals surface area contributed by atoms with Crippen LogP contribution in [-0.4, -0.2) is 29.8 Å². The molecule has 0 unspecified atom stereocenters. The number of H-pyrrole nitrogens is 1. The molecule has 3 heterocycles. The summed E-state index contributed by atoms with van der Waals surface area (Å²) in [5.74, 6) is 0.525. The molecule has 3 rings (SSSR count). The fraction of sp³-hybridized carbons (Fsp3) is 0.0909. The van der Waals surface area contributed by atoms with Crippen molar-refractivity contribution in [1.82, 2.24) is 29.8 Å². The van der Waals surface area contributed by atoms with Gasteiger partial charge in [-0.05, 0) is 34.5 Å². The number of hydrogen-bond acceptors (Lipinski definition) is 4. The van der Waals surface area contributed by atoms with Gasteiger partial charge < -0.3 is 0 Å². The molecule has 0 saturated carbocycles. The highest BCUT2D eigenvalue weighted by Gasteiger charge is 2.11. The predicted molar refractivity (Wildman–Crippen MR) is 71.5 cm³/mol. The molecule has 8 heteroatoms. The molecule has 0 atom stereocenters. The molecule has 0 fully saturated rings. The van der Waals surface area contributed by atoms with Gasteiger partial charge in [0.15, 0.2) is 11.5 Å². The van der Waals surface area contributed by atoms with E-state index >= 15 is 0 Å². The maximum absolute atomic E-state index is 12.3. The minimum absolute atomic E-state index is 0.236. The van der Waals surface area contributed by atoms with Crippen molar-refractivity contribution in [1.29, 1.82) is 0 Å². The number of pyridine rings is 1. The van der Waals surface area contributed by atoms with Gasteiger partial charge in [0, 0.05) is 10.7 Å². The summed E-state index contributed by atoms with van der Waals surface area (Å²) in [6.07, 6.45) is 6.34. The van der Waals surface area contributed by atoms with E-state index < -0.39 is 0 Å². The van der Waals surface area contributed by atoms with E-state index in [-0.39, 0.29) is 5.56 Å². The Balaban J connectivity index is 2.12. The van der Waals surface area contributed by atoms with E-state index in [0.29, 0.717) is 11.5 Å². The zero-order valence-corrected chi connectivity index (χ0v) is 11.5. The van der Waals surface area contributed by atoms with Crippen LogP contribution >= 0.6 is 15.9 Å². The second-order valence-corrected chi connectivity index (χ2v) is 4.79. The van der Waals surface area contributed by atoms with E-state index in [0.717, 1.165) is 10.0 Å². The molecule has 0 aliphatic heterocycles. The average molecular weight is 321 g/mol. The van der Waals surface area contributed by atoms with Gasteiger partial charge in [0.2, 0.25) is 0 Å². The summed E-state index contributed by atoms with van der Waals surface area (Å²) in [6, 6.07) is 1.81. The van der Waals surface area contributed by atoms with Crippen molar-refractivity contribution in [2.75, 3.05) is 0 Å². The molecule has 1 N–H and O–H groups in total. The normalized spacial score (nSPS) is 10.8. The highest BCUT2D eigenvalue weighted by molar-refractivity contribution is 9.10. The summed E-state index contributed by atoms with van der Waals surface area (Å²) in [6.45, 7) is 1.93. The van der Waals surface area contributed by atoms with Gasteiger partial charge in [-0.1, -0.05) is 5.21 Å². The molecule has 0 amide bonds. The summed E-state index contributed by atoms with van der Waals surface area (Å²) >= 11 is 3.37. The van der Waals surface area contributed by atoms with Crippen LogP contribution in [0.4, 0.5) is 0 Å². The first-order valence-electron chi connectivity index (χ1n) is 5.46. The molecule has 0 aliphatic carbocycles. The lowest BCUT2D eigenvalue weighted by molar-refractivity contribution is 0.785. The standard InChI is InChI=1S/C11H9BrN6O/c1-7-4-10(13-5-8(7)12)18-11(19)9(6-15-18)17-3-2-14-16-17/h2-6,15H,1H3. The van der Waals surface area contributed by atoms with Crippen LogP contribution in [0, 0.1) is 6.92 Å². The minimum atomic E-state index is -0.236. The van der Waals surface area contributed by atoms with Crippen molar-refractivity contribution in [3.8, 4) is 11.5 Å². The molecule has 0 aliphatic rings. The lowest BCUT2D eigenvalue weighted by atomic mass is 10.3. The molecule has 3 aromatic heterocycles. The topological polar surface area (TPSA) is 81.4 Å². The van der Waals surface area contributed by atoms with Crippen molar-refractivity contribution < 1.29 is 0 Å². The van der Waals surface area contributed by atoms with Crippen LogP contribution in [0.25, 0.3) is 11.5 Å². The number of aryl methyl sites for hydroxylation is 1.